The summed E-state index contributed by atoms with van der Waals surface area (Å²) in [5.41, 5.74) is 5.61. The van der Waals surface area contributed by atoms with Crippen LogP contribution in [0.4, 0.5) is 0 Å². The SMILES string of the molecule is COCCN(CCOC)C(=O)c1cc(C(N)=O)ccn1. The van der Waals surface area contributed by atoms with Crippen molar-refractivity contribution in [1.82, 2.24) is 9.88 Å². The molecule has 7 nitrogen and oxygen atoms in total. The highest BCUT2D eigenvalue weighted by atomic mass is 16.5. The average molecular weight is 281 g/mol. The molecule has 0 aromatic carbocycles. The maximum absolute atomic E-state index is 12.3. The second kappa shape index (κ2) is 8.23. The van der Waals surface area contributed by atoms with Gasteiger partial charge in [0.15, 0.2) is 0 Å². The average Bonchev–Trinajstić information content (AvgIpc) is 2.47. The van der Waals surface area contributed by atoms with E-state index in [1.807, 2.05) is 0 Å². The number of carbonyl (C=O) groups is 2. The third-order valence-electron chi connectivity index (χ3n) is 2.68. The van der Waals surface area contributed by atoms with E-state index in [-0.39, 0.29) is 17.2 Å². The Balaban J connectivity index is 2.86. The van der Waals surface area contributed by atoms with Crippen molar-refractivity contribution < 1.29 is 19.1 Å². The molecule has 1 aromatic heterocycles. The minimum absolute atomic E-state index is 0.175. The van der Waals surface area contributed by atoms with E-state index in [0.29, 0.717) is 26.3 Å². The Kier molecular flexibility index (Phi) is 6.61. The van der Waals surface area contributed by atoms with Crippen LogP contribution in [-0.4, -0.2) is 62.2 Å². The van der Waals surface area contributed by atoms with Crippen LogP contribution in [0.15, 0.2) is 18.3 Å². The number of hydrogen-bond acceptors (Lipinski definition) is 5. The molecule has 0 spiro atoms. The van der Waals surface area contributed by atoms with E-state index in [0.717, 1.165) is 0 Å². The molecule has 0 bridgehead atoms. The van der Waals surface area contributed by atoms with Crippen molar-refractivity contribution in [3.63, 3.8) is 0 Å². The number of ether oxygens (including phenoxy) is 2. The first-order chi connectivity index (χ1) is 9.60. The number of hydrogen-bond donors (Lipinski definition) is 1. The van der Waals surface area contributed by atoms with Crippen LogP contribution < -0.4 is 5.73 Å². The molecule has 0 aliphatic carbocycles. The maximum atomic E-state index is 12.3. The highest BCUT2D eigenvalue weighted by molar-refractivity contribution is 5.97. The van der Waals surface area contributed by atoms with Crippen molar-refractivity contribution >= 4 is 11.8 Å². The van der Waals surface area contributed by atoms with Crippen molar-refractivity contribution in [1.29, 1.82) is 0 Å². The van der Waals surface area contributed by atoms with Crippen LogP contribution in [0.1, 0.15) is 20.8 Å². The zero-order valence-electron chi connectivity index (χ0n) is 11.7. The Morgan fingerprint density at radius 1 is 1.25 bits per heavy atom. The summed E-state index contributed by atoms with van der Waals surface area (Å²) >= 11 is 0. The molecule has 0 saturated carbocycles. The van der Waals surface area contributed by atoms with Crippen molar-refractivity contribution in [3.8, 4) is 0 Å². The van der Waals surface area contributed by atoms with Crippen LogP contribution in [-0.2, 0) is 9.47 Å². The fourth-order valence-electron chi connectivity index (χ4n) is 1.58. The molecule has 0 fully saturated rings. The van der Waals surface area contributed by atoms with Crippen molar-refractivity contribution in [2.24, 2.45) is 5.73 Å². The maximum Gasteiger partial charge on any atom is 0.272 e. The van der Waals surface area contributed by atoms with E-state index in [4.69, 9.17) is 15.2 Å². The highest BCUT2D eigenvalue weighted by Gasteiger charge is 2.17. The van der Waals surface area contributed by atoms with Gasteiger partial charge in [-0.05, 0) is 12.1 Å². The summed E-state index contributed by atoms with van der Waals surface area (Å²) in [7, 11) is 3.12. The number of carbonyl (C=O) groups excluding carboxylic acids is 2. The molecule has 0 saturated heterocycles. The molecule has 0 aliphatic rings. The summed E-state index contributed by atoms with van der Waals surface area (Å²) in [6, 6.07) is 2.85. The number of amides is 2. The first-order valence-electron chi connectivity index (χ1n) is 6.13. The highest BCUT2D eigenvalue weighted by Crippen LogP contribution is 2.05. The fourth-order valence-corrected chi connectivity index (χ4v) is 1.58. The van der Waals surface area contributed by atoms with Gasteiger partial charge in [-0.1, -0.05) is 0 Å². The molecule has 1 heterocycles. The van der Waals surface area contributed by atoms with E-state index < -0.39 is 5.91 Å². The Bertz CT molecular complexity index is 457. The second-order valence-electron chi connectivity index (χ2n) is 4.07. The molecule has 0 aliphatic heterocycles. The lowest BCUT2D eigenvalue weighted by molar-refractivity contribution is 0.0622. The number of methoxy groups -OCH3 is 2. The van der Waals surface area contributed by atoms with E-state index in [9.17, 15) is 9.59 Å². The van der Waals surface area contributed by atoms with Gasteiger partial charge in [-0.3, -0.25) is 14.6 Å². The number of pyridine rings is 1. The molecule has 0 radical (unpaired) electrons. The Hall–Kier alpha value is -1.99. The lowest BCUT2D eigenvalue weighted by Crippen LogP contribution is -2.37. The van der Waals surface area contributed by atoms with Crippen molar-refractivity contribution in [3.05, 3.63) is 29.6 Å². The second-order valence-corrected chi connectivity index (χ2v) is 4.07. The lowest BCUT2D eigenvalue weighted by atomic mass is 10.2. The molecule has 1 rings (SSSR count). The van der Waals surface area contributed by atoms with Crippen LogP contribution in [0.25, 0.3) is 0 Å². The molecule has 7 heteroatoms. The summed E-state index contributed by atoms with van der Waals surface area (Å²) in [6.45, 7) is 1.65. The van der Waals surface area contributed by atoms with Crippen LogP contribution >= 0.6 is 0 Å². The predicted molar refractivity (Wildman–Crippen MR) is 72.4 cm³/mol. The van der Waals surface area contributed by atoms with Gasteiger partial charge in [-0.25, -0.2) is 0 Å². The summed E-state index contributed by atoms with van der Waals surface area (Å²) < 4.78 is 9.94. The molecule has 2 N–H and O–H groups in total. The van der Waals surface area contributed by atoms with Crippen LogP contribution in [0, 0.1) is 0 Å². The van der Waals surface area contributed by atoms with E-state index in [1.54, 1.807) is 19.1 Å². The Morgan fingerprint density at radius 3 is 2.35 bits per heavy atom. The van der Waals surface area contributed by atoms with Crippen LogP contribution in [0.2, 0.25) is 0 Å². The van der Waals surface area contributed by atoms with Gasteiger partial charge in [0.25, 0.3) is 5.91 Å². The van der Waals surface area contributed by atoms with E-state index in [1.165, 1.54) is 18.3 Å². The quantitative estimate of drug-likeness (QED) is 0.719. The van der Waals surface area contributed by atoms with E-state index >= 15 is 0 Å². The summed E-state index contributed by atoms with van der Waals surface area (Å²) in [5, 5.41) is 0. The first-order valence-corrected chi connectivity index (χ1v) is 6.13. The lowest BCUT2D eigenvalue weighted by Gasteiger charge is -2.21. The number of aromatic nitrogens is 1. The van der Waals surface area contributed by atoms with Gasteiger partial charge in [0.2, 0.25) is 5.91 Å². The normalized spacial score (nSPS) is 10.3. The largest absolute Gasteiger partial charge is 0.383 e. The van der Waals surface area contributed by atoms with Gasteiger partial charge in [0, 0.05) is 39.1 Å². The summed E-state index contributed by atoms with van der Waals surface area (Å²) in [6.07, 6.45) is 1.39. The third kappa shape index (κ3) is 4.60. The minimum Gasteiger partial charge on any atom is -0.383 e. The van der Waals surface area contributed by atoms with Gasteiger partial charge in [-0.15, -0.1) is 0 Å². The monoisotopic (exact) mass is 281 g/mol. The number of nitrogens with zero attached hydrogens (tertiary/aromatic N) is 2. The third-order valence-corrected chi connectivity index (χ3v) is 2.68. The van der Waals surface area contributed by atoms with Gasteiger partial charge in [0.05, 0.1) is 13.2 Å². The molecular weight excluding hydrogens is 262 g/mol. The number of rotatable bonds is 8. The zero-order chi connectivity index (χ0) is 15.0. The van der Waals surface area contributed by atoms with Crippen LogP contribution in [0.5, 0.6) is 0 Å². The molecule has 0 unspecified atom stereocenters. The number of primary amides is 1. The van der Waals surface area contributed by atoms with Gasteiger partial charge in [-0.2, -0.15) is 0 Å². The molecular formula is C13H19N3O4. The molecule has 2 amide bonds. The first kappa shape index (κ1) is 16.1. The molecule has 110 valence electrons. The molecule has 0 atom stereocenters. The van der Waals surface area contributed by atoms with Crippen molar-refractivity contribution in [2.45, 2.75) is 0 Å². The summed E-state index contributed by atoms with van der Waals surface area (Å²) in [5.74, 6) is -0.885. The van der Waals surface area contributed by atoms with Crippen molar-refractivity contribution in [2.75, 3.05) is 40.5 Å². The standard InChI is InChI=1S/C13H19N3O4/c1-19-7-5-16(6-8-20-2)13(18)11-9-10(12(14)17)3-4-15-11/h3-4,9H,5-8H2,1-2H3,(H2,14,17). The molecule has 1 aromatic rings. The fraction of sp³-hybridized carbons (Fsp3) is 0.462. The topological polar surface area (TPSA) is 94.8 Å². The Labute approximate surface area is 117 Å². The minimum atomic E-state index is -0.596. The smallest absolute Gasteiger partial charge is 0.272 e. The Morgan fingerprint density at radius 2 is 1.85 bits per heavy atom. The van der Waals surface area contributed by atoms with E-state index in [2.05, 4.69) is 4.98 Å². The summed E-state index contributed by atoms with van der Waals surface area (Å²) in [4.78, 5) is 29.0. The predicted octanol–water partition coefficient (Wildman–Crippen LogP) is -0.0845. The van der Waals surface area contributed by atoms with Gasteiger partial charge in [0.1, 0.15) is 5.69 Å². The van der Waals surface area contributed by atoms with Gasteiger partial charge >= 0.3 is 0 Å². The number of nitrogens with two attached hydrogens (primary N) is 1. The molecule has 20 heavy (non-hydrogen) atoms. The van der Waals surface area contributed by atoms with Crippen LogP contribution in [0.3, 0.4) is 0 Å². The van der Waals surface area contributed by atoms with Gasteiger partial charge < -0.3 is 20.1 Å². The zero-order valence-corrected chi connectivity index (χ0v) is 11.7.